The molecule has 0 aliphatic rings. The molecule has 0 bridgehead atoms. The number of carbonyl (C=O) groups excluding carboxylic acids is 3. The lowest BCUT2D eigenvalue weighted by atomic mass is 9.93. The molecule has 0 saturated heterocycles. The lowest BCUT2D eigenvalue weighted by molar-refractivity contribution is -0.225. The van der Waals surface area contributed by atoms with E-state index < -0.39 is 48.5 Å². The van der Waals surface area contributed by atoms with Crippen molar-refractivity contribution in [2.24, 2.45) is 5.92 Å². The standard InChI is InChI=1S/C18H22F3NO6/c1-3-27-16(25)12(14(23)18(19,20)21)10-13(17(26)28-4-2)22-15(24)11-8-6-5-7-9-11/h5-9,12-14,23H,3-4,10H2,1-2H3,(H,22,24). The molecule has 0 spiro atoms. The van der Waals surface area contributed by atoms with Crippen molar-refractivity contribution in [1.82, 2.24) is 5.32 Å². The first-order valence-electron chi connectivity index (χ1n) is 8.55. The highest BCUT2D eigenvalue weighted by molar-refractivity contribution is 5.96. The second kappa shape index (κ2) is 10.6. The van der Waals surface area contributed by atoms with Crippen LogP contribution >= 0.6 is 0 Å². The van der Waals surface area contributed by atoms with E-state index >= 15 is 0 Å². The Morgan fingerprint density at radius 2 is 1.57 bits per heavy atom. The number of carbonyl (C=O) groups is 3. The molecule has 0 aromatic heterocycles. The summed E-state index contributed by atoms with van der Waals surface area (Å²) in [6.07, 6.45) is -9.05. The second-order valence-electron chi connectivity index (χ2n) is 5.72. The van der Waals surface area contributed by atoms with Crippen LogP contribution in [0.4, 0.5) is 13.2 Å². The fourth-order valence-corrected chi connectivity index (χ4v) is 2.37. The maximum Gasteiger partial charge on any atom is 0.415 e. The van der Waals surface area contributed by atoms with Gasteiger partial charge in [-0.05, 0) is 32.4 Å². The highest BCUT2D eigenvalue weighted by Crippen LogP contribution is 2.29. The first-order chi connectivity index (χ1) is 13.1. The van der Waals surface area contributed by atoms with E-state index in [1.165, 1.54) is 26.0 Å². The molecule has 1 aromatic rings. The molecule has 0 aliphatic heterocycles. The highest BCUT2D eigenvalue weighted by Gasteiger charge is 2.48. The smallest absolute Gasteiger partial charge is 0.415 e. The summed E-state index contributed by atoms with van der Waals surface area (Å²) < 4.78 is 48.3. The molecular formula is C18H22F3NO6. The molecule has 2 N–H and O–H groups in total. The summed E-state index contributed by atoms with van der Waals surface area (Å²) in [6.45, 7) is 2.54. The van der Waals surface area contributed by atoms with Gasteiger partial charge in [0, 0.05) is 5.56 Å². The number of nitrogens with one attached hydrogen (secondary N) is 1. The molecule has 28 heavy (non-hydrogen) atoms. The Morgan fingerprint density at radius 1 is 1.04 bits per heavy atom. The largest absolute Gasteiger partial charge is 0.466 e. The molecule has 0 aliphatic carbocycles. The molecule has 0 heterocycles. The summed E-state index contributed by atoms with van der Waals surface area (Å²) in [4.78, 5) is 36.4. The molecule has 0 radical (unpaired) electrons. The molecule has 7 nitrogen and oxygen atoms in total. The van der Waals surface area contributed by atoms with E-state index in [9.17, 15) is 32.7 Å². The number of hydrogen-bond donors (Lipinski definition) is 2. The van der Waals surface area contributed by atoms with Gasteiger partial charge >= 0.3 is 18.1 Å². The predicted octanol–water partition coefficient (Wildman–Crippen LogP) is 1.84. The zero-order valence-corrected chi connectivity index (χ0v) is 15.4. The summed E-state index contributed by atoms with van der Waals surface area (Å²) >= 11 is 0. The number of halogens is 3. The third kappa shape index (κ3) is 6.84. The summed E-state index contributed by atoms with van der Waals surface area (Å²) in [5, 5.41) is 11.8. The van der Waals surface area contributed by atoms with Crippen LogP contribution in [0.5, 0.6) is 0 Å². The number of benzene rings is 1. The van der Waals surface area contributed by atoms with Crippen molar-refractivity contribution in [3.05, 3.63) is 35.9 Å². The van der Waals surface area contributed by atoms with Crippen molar-refractivity contribution in [2.75, 3.05) is 13.2 Å². The van der Waals surface area contributed by atoms with Crippen LogP contribution in [0.15, 0.2) is 30.3 Å². The number of amides is 1. The third-order valence-corrected chi connectivity index (χ3v) is 3.71. The Bertz CT molecular complexity index is 665. The van der Waals surface area contributed by atoms with Crippen LogP contribution in [-0.2, 0) is 19.1 Å². The molecule has 1 rings (SSSR count). The van der Waals surface area contributed by atoms with Gasteiger partial charge in [0.25, 0.3) is 5.91 Å². The topological polar surface area (TPSA) is 102 Å². The first kappa shape index (κ1) is 23.4. The molecule has 0 saturated carbocycles. The van der Waals surface area contributed by atoms with E-state index in [0.717, 1.165) is 0 Å². The van der Waals surface area contributed by atoms with Crippen LogP contribution in [-0.4, -0.2) is 54.5 Å². The molecule has 1 aromatic carbocycles. The Hall–Kier alpha value is -2.62. The average Bonchev–Trinajstić information content (AvgIpc) is 2.64. The van der Waals surface area contributed by atoms with Gasteiger partial charge in [-0.1, -0.05) is 18.2 Å². The molecule has 156 valence electrons. The fourth-order valence-electron chi connectivity index (χ4n) is 2.37. The normalized spacial score (nSPS) is 14.5. The van der Waals surface area contributed by atoms with Gasteiger partial charge in [0.05, 0.1) is 19.1 Å². The van der Waals surface area contributed by atoms with Gasteiger partial charge in [0.1, 0.15) is 6.04 Å². The molecule has 3 atom stereocenters. The molecule has 0 fully saturated rings. The van der Waals surface area contributed by atoms with Gasteiger partial charge in [-0.15, -0.1) is 0 Å². The quantitative estimate of drug-likeness (QED) is 0.608. The minimum atomic E-state index is -5.12. The van der Waals surface area contributed by atoms with Crippen molar-refractivity contribution in [1.29, 1.82) is 0 Å². The summed E-state index contributed by atoms with van der Waals surface area (Å²) in [5.41, 5.74) is 0.154. The van der Waals surface area contributed by atoms with Gasteiger partial charge < -0.3 is 19.9 Å². The average molecular weight is 405 g/mol. The Balaban J connectivity index is 3.10. The number of hydrogen-bond acceptors (Lipinski definition) is 6. The Labute approximate surface area is 159 Å². The first-order valence-corrected chi connectivity index (χ1v) is 8.55. The van der Waals surface area contributed by atoms with Crippen LogP contribution in [0.25, 0.3) is 0 Å². The Morgan fingerprint density at radius 3 is 2.07 bits per heavy atom. The number of alkyl halides is 3. The van der Waals surface area contributed by atoms with Gasteiger partial charge in [-0.2, -0.15) is 13.2 Å². The van der Waals surface area contributed by atoms with Crippen LogP contribution in [0.2, 0.25) is 0 Å². The molecule has 10 heteroatoms. The lowest BCUT2D eigenvalue weighted by Gasteiger charge is -2.26. The van der Waals surface area contributed by atoms with Crippen molar-refractivity contribution < 1.29 is 42.1 Å². The van der Waals surface area contributed by atoms with E-state index in [0.29, 0.717) is 0 Å². The van der Waals surface area contributed by atoms with E-state index in [1.807, 2.05) is 0 Å². The van der Waals surface area contributed by atoms with Gasteiger partial charge in [-0.3, -0.25) is 9.59 Å². The maximum absolute atomic E-state index is 13.0. The summed E-state index contributed by atoms with van der Waals surface area (Å²) in [7, 11) is 0. The van der Waals surface area contributed by atoms with Crippen LogP contribution in [0.3, 0.4) is 0 Å². The third-order valence-electron chi connectivity index (χ3n) is 3.71. The van der Waals surface area contributed by atoms with E-state index in [2.05, 4.69) is 10.1 Å². The number of aliphatic hydroxyl groups is 1. The predicted molar refractivity (Wildman–Crippen MR) is 91.1 cm³/mol. The minimum Gasteiger partial charge on any atom is -0.466 e. The zero-order chi connectivity index (χ0) is 21.3. The Kier molecular flexibility index (Phi) is 8.90. The molecule has 3 unspecified atom stereocenters. The maximum atomic E-state index is 13.0. The number of ether oxygens (including phenoxy) is 2. The van der Waals surface area contributed by atoms with Gasteiger partial charge in [0.2, 0.25) is 0 Å². The van der Waals surface area contributed by atoms with Crippen LogP contribution in [0, 0.1) is 5.92 Å². The van der Waals surface area contributed by atoms with Crippen LogP contribution in [0.1, 0.15) is 30.6 Å². The zero-order valence-electron chi connectivity index (χ0n) is 15.4. The number of rotatable bonds is 9. The van der Waals surface area contributed by atoms with Crippen molar-refractivity contribution in [2.45, 2.75) is 38.6 Å². The lowest BCUT2D eigenvalue weighted by Crippen LogP contribution is -2.48. The summed E-state index contributed by atoms with van der Waals surface area (Å²) in [6, 6.07) is 6.04. The number of aliphatic hydroxyl groups excluding tert-OH is 1. The van der Waals surface area contributed by atoms with E-state index in [4.69, 9.17) is 4.74 Å². The van der Waals surface area contributed by atoms with Crippen molar-refractivity contribution in [3.63, 3.8) is 0 Å². The monoisotopic (exact) mass is 405 g/mol. The highest BCUT2D eigenvalue weighted by atomic mass is 19.4. The van der Waals surface area contributed by atoms with Gasteiger partial charge in [-0.25, -0.2) is 4.79 Å². The fraction of sp³-hybridized carbons (Fsp3) is 0.500. The van der Waals surface area contributed by atoms with Crippen molar-refractivity contribution in [3.8, 4) is 0 Å². The second-order valence-corrected chi connectivity index (χ2v) is 5.72. The van der Waals surface area contributed by atoms with Crippen molar-refractivity contribution >= 4 is 17.8 Å². The van der Waals surface area contributed by atoms with E-state index in [1.54, 1.807) is 18.2 Å². The molecular weight excluding hydrogens is 383 g/mol. The molecule has 1 amide bonds. The van der Waals surface area contributed by atoms with E-state index in [-0.39, 0.29) is 18.8 Å². The SMILES string of the molecule is CCOC(=O)C(CC(C(=O)OCC)C(O)C(F)(F)F)NC(=O)c1ccccc1. The number of esters is 2. The van der Waals surface area contributed by atoms with Gasteiger partial charge in [0.15, 0.2) is 6.10 Å². The minimum absolute atomic E-state index is 0.0948. The summed E-state index contributed by atoms with van der Waals surface area (Å²) in [5.74, 6) is -5.24. The van der Waals surface area contributed by atoms with Crippen LogP contribution < -0.4 is 5.32 Å².